The highest BCUT2D eigenvalue weighted by molar-refractivity contribution is 14.0. The molecule has 1 unspecified atom stereocenters. The van der Waals surface area contributed by atoms with Crippen LogP contribution in [-0.2, 0) is 9.47 Å². The molecule has 17 heavy (non-hydrogen) atoms. The number of hydrogen-bond donors (Lipinski definition) is 2. The van der Waals surface area contributed by atoms with Crippen LogP contribution in [0.1, 0.15) is 38.5 Å². The van der Waals surface area contributed by atoms with Gasteiger partial charge < -0.3 is 20.9 Å². The van der Waals surface area contributed by atoms with Crippen LogP contribution in [0.2, 0.25) is 0 Å². The molecule has 1 spiro atoms. The molecule has 1 heterocycles. The maximum Gasteiger partial charge on any atom is 0.186 e. The molecule has 0 aromatic rings. The van der Waals surface area contributed by atoms with Gasteiger partial charge in [0.1, 0.15) is 6.10 Å². The van der Waals surface area contributed by atoms with Gasteiger partial charge in [-0.3, -0.25) is 4.99 Å². The van der Waals surface area contributed by atoms with Crippen molar-refractivity contribution >= 4 is 29.9 Å². The van der Waals surface area contributed by atoms with E-state index in [9.17, 15) is 0 Å². The number of halogens is 1. The first-order valence-corrected chi connectivity index (χ1v) is 6.07. The number of aliphatic imine (C=N–C) groups is 1. The molecule has 5 nitrogen and oxygen atoms in total. The van der Waals surface area contributed by atoms with E-state index in [2.05, 4.69) is 4.99 Å². The van der Waals surface area contributed by atoms with E-state index in [0.29, 0.717) is 13.2 Å². The summed E-state index contributed by atoms with van der Waals surface area (Å²) in [6, 6.07) is 0. The van der Waals surface area contributed by atoms with E-state index in [-0.39, 0.29) is 41.8 Å². The van der Waals surface area contributed by atoms with E-state index >= 15 is 0 Å². The van der Waals surface area contributed by atoms with E-state index in [1.165, 1.54) is 25.7 Å². The minimum atomic E-state index is -0.333. The second kappa shape index (κ2) is 6.75. The predicted octanol–water partition coefficient (Wildman–Crippen LogP) is 1.34. The first-order valence-electron chi connectivity index (χ1n) is 6.07. The van der Waals surface area contributed by atoms with Crippen LogP contribution in [-0.4, -0.2) is 31.0 Å². The summed E-state index contributed by atoms with van der Waals surface area (Å²) in [6.07, 6.45) is 6.97. The zero-order valence-electron chi connectivity index (χ0n) is 10.1. The third-order valence-electron chi connectivity index (χ3n) is 3.26. The Bertz CT molecular complexity index is 261. The van der Waals surface area contributed by atoms with Crippen molar-refractivity contribution in [2.45, 2.75) is 50.4 Å². The van der Waals surface area contributed by atoms with Crippen molar-refractivity contribution in [3.8, 4) is 0 Å². The lowest BCUT2D eigenvalue weighted by molar-refractivity contribution is -0.174. The number of nitrogens with zero attached hydrogens (tertiary/aromatic N) is 1. The molecule has 0 radical (unpaired) electrons. The van der Waals surface area contributed by atoms with E-state index < -0.39 is 0 Å². The maximum absolute atomic E-state index is 5.98. The Morgan fingerprint density at radius 3 is 2.41 bits per heavy atom. The zero-order valence-corrected chi connectivity index (χ0v) is 12.4. The van der Waals surface area contributed by atoms with Crippen molar-refractivity contribution in [1.29, 1.82) is 0 Å². The molecule has 1 aliphatic heterocycles. The topological polar surface area (TPSA) is 82.9 Å². The minimum Gasteiger partial charge on any atom is -0.370 e. The highest BCUT2D eigenvalue weighted by Crippen LogP contribution is 2.36. The minimum absolute atomic E-state index is 0. The van der Waals surface area contributed by atoms with Crippen LogP contribution in [0.5, 0.6) is 0 Å². The molecular weight excluding hydrogens is 333 g/mol. The van der Waals surface area contributed by atoms with Gasteiger partial charge in [-0.05, 0) is 12.8 Å². The van der Waals surface area contributed by atoms with Gasteiger partial charge in [0.25, 0.3) is 0 Å². The summed E-state index contributed by atoms with van der Waals surface area (Å²) in [5.74, 6) is -0.217. The number of nitrogens with two attached hydrogens (primary N) is 2. The van der Waals surface area contributed by atoms with E-state index in [4.69, 9.17) is 20.9 Å². The zero-order chi connectivity index (χ0) is 11.4. The average molecular weight is 355 g/mol. The van der Waals surface area contributed by atoms with Crippen LogP contribution >= 0.6 is 24.0 Å². The largest absolute Gasteiger partial charge is 0.370 e. The highest BCUT2D eigenvalue weighted by atomic mass is 127. The van der Waals surface area contributed by atoms with Crippen LogP contribution in [0.15, 0.2) is 4.99 Å². The van der Waals surface area contributed by atoms with Crippen molar-refractivity contribution in [3.05, 3.63) is 0 Å². The summed E-state index contributed by atoms with van der Waals surface area (Å²) >= 11 is 0. The Morgan fingerprint density at radius 1 is 1.18 bits per heavy atom. The van der Waals surface area contributed by atoms with E-state index in [1.807, 2.05) is 0 Å². The molecule has 1 saturated heterocycles. The average Bonchev–Trinajstić information content (AvgIpc) is 2.49. The molecule has 0 aromatic carbocycles. The molecule has 1 saturated carbocycles. The monoisotopic (exact) mass is 355 g/mol. The third-order valence-corrected chi connectivity index (χ3v) is 3.26. The molecule has 2 rings (SSSR count). The molecule has 0 bridgehead atoms. The molecule has 100 valence electrons. The van der Waals surface area contributed by atoms with Crippen molar-refractivity contribution in [2.24, 2.45) is 16.5 Å². The number of hydrogen-bond acceptors (Lipinski definition) is 3. The maximum atomic E-state index is 5.98. The molecular formula is C11H22IN3O2. The Morgan fingerprint density at radius 2 is 1.82 bits per heavy atom. The fraction of sp³-hybridized carbons (Fsp3) is 0.909. The summed E-state index contributed by atoms with van der Waals surface area (Å²) < 4.78 is 11.8. The first-order chi connectivity index (χ1) is 7.70. The standard InChI is InChI=1S/C11H21N3O2.HI/c12-10(13)14-7-9-8-15-11(16-9)5-3-1-2-4-6-11;/h9H,1-8H2,(H4,12,13,14);1H. The van der Waals surface area contributed by atoms with Crippen LogP contribution in [0.25, 0.3) is 0 Å². The molecule has 1 atom stereocenters. The fourth-order valence-corrected chi connectivity index (χ4v) is 2.44. The number of guanidine groups is 1. The van der Waals surface area contributed by atoms with Gasteiger partial charge >= 0.3 is 0 Å². The summed E-state index contributed by atoms with van der Waals surface area (Å²) in [5, 5.41) is 0. The Balaban J connectivity index is 0.00000144. The molecule has 4 N–H and O–H groups in total. The van der Waals surface area contributed by atoms with Crippen LogP contribution < -0.4 is 11.5 Å². The number of ether oxygens (including phenoxy) is 2. The van der Waals surface area contributed by atoms with Crippen molar-refractivity contribution in [1.82, 2.24) is 0 Å². The lowest BCUT2D eigenvalue weighted by Gasteiger charge is -2.26. The Labute approximate surface area is 119 Å². The van der Waals surface area contributed by atoms with Crippen molar-refractivity contribution in [2.75, 3.05) is 13.2 Å². The smallest absolute Gasteiger partial charge is 0.186 e. The molecule has 0 amide bonds. The molecule has 1 aliphatic carbocycles. The van der Waals surface area contributed by atoms with Crippen LogP contribution in [0, 0.1) is 0 Å². The normalized spacial score (nSPS) is 27.2. The molecule has 2 fully saturated rings. The van der Waals surface area contributed by atoms with Gasteiger partial charge in [0.05, 0.1) is 13.2 Å². The summed E-state index contributed by atoms with van der Waals surface area (Å²) in [4.78, 5) is 3.98. The van der Waals surface area contributed by atoms with Crippen molar-refractivity contribution in [3.63, 3.8) is 0 Å². The lowest BCUT2D eigenvalue weighted by atomic mass is 10.1. The van der Waals surface area contributed by atoms with Gasteiger partial charge in [-0.15, -0.1) is 24.0 Å². The van der Waals surface area contributed by atoms with Gasteiger partial charge in [-0.25, -0.2) is 0 Å². The van der Waals surface area contributed by atoms with E-state index in [0.717, 1.165) is 12.8 Å². The summed E-state index contributed by atoms with van der Waals surface area (Å²) in [5.41, 5.74) is 10.6. The van der Waals surface area contributed by atoms with Gasteiger partial charge in [0.2, 0.25) is 0 Å². The van der Waals surface area contributed by atoms with Crippen LogP contribution in [0.3, 0.4) is 0 Å². The van der Waals surface area contributed by atoms with Crippen molar-refractivity contribution < 1.29 is 9.47 Å². The highest BCUT2D eigenvalue weighted by Gasteiger charge is 2.41. The third kappa shape index (κ3) is 4.26. The second-order valence-corrected chi connectivity index (χ2v) is 4.64. The second-order valence-electron chi connectivity index (χ2n) is 4.64. The van der Waals surface area contributed by atoms with Gasteiger partial charge in [-0.1, -0.05) is 12.8 Å². The van der Waals surface area contributed by atoms with Gasteiger partial charge in [0.15, 0.2) is 11.7 Å². The van der Waals surface area contributed by atoms with Crippen LogP contribution in [0.4, 0.5) is 0 Å². The first kappa shape index (κ1) is 15.0. The summed E-state index contributed by atoms with van der Waals surface area (Å²) in [6.45, 7) is 1.11. The Kier molecular flexibility index (Phi) is 5.94. The van der Waals surface area contributed by atoms with E-state index in [1.54, 1.807) is 0 Å². The van der Waals surface area contributed by atoms with Gasteiger partial charge in [-0.2, -0.15) is 0 Å². The molecule has 0 aromatic heterocycles. The fourth-order valence-electron chi connectivity index (χ4n) is 2.44. The number of rotatable bonds is 2. The quantitative estimate of drug-likeness (QED) is 0.445. The molecule has 2 aliphatic rings. The Hall–Kier alpha value is -0.0800. The van der Waals surface area contributed by atoms with Gasteiger partial charge in [0, 0.05) is 12.8 Å². The lowest BCUT2D eigenvalue weighted by Crippen LogP contribution is -2.31. The SMILES string of the molecule is I.NC(N)=NCC1COC2(CCCCCC2)O1. The predicted molar refractivity (Wildman–Crippen MR) is 77.3 cm³/mol. The molecule has 6 heteroatoms. The summed E-state index contributed by atoms with van der Waals surface area (Å²) in [7, 11) is 0.